The van der Waals surface area contributed by atoms with Crippen LogP contribution in [0.3, 0.4) is 0 Å². The summed E-state index contributed by atoms with van der Waals surface area (Å²) < 4.78 is 0. The van der Waals surface area contributed by atoms with Crippen LogP contribution in [0.4, 0.5) is 17.1 Å². The second kappa shape index (κ2) is 29.3. The third-order valence-electron chi connectivity index (χ3n) is 8.36. The van der Waals surface area contributed by atoms with Gasteiger partial charge in [-0.25, -0.2) is 9.64 Å². The summed E-state index contributed by atoms with van der Waals surface area (Å²) in [6, 6.07) is 32.5. The molecule has 0 amide bonds. The fourth-order valence-corrected chi connectivity index (χ4v) is 7.25. The van der Waals surface area contributed by atoms with Crippen molar-refractivity contribution in [3.8, 4) is 205 Å². The van der Waals surface area contributed by atoms with Gasteiger partial charge in [0.15, 0.2) is 0 Å². The maximum absolute atomic E-state index is 11.4. The van der Waals surface area contributed by atoms with Crippen LogP contribution >= 0.6 is 22.7 Å². The Morgan fingerprint density at radius 3 is 1.15 bits per heavy atom. The Balaban J connectivity index is 1.24. The molecule has 0 atom stereocenters. The summed E-state index contributed by atoms with van der Waals surface area (Å²) in [6.07, 6.45) is 7.67. The Morgan fingerprint density at radius 2 is 0.822 bits per heavy atom. The monoisotopic (exact) mass is 959 g/mol. The van der Waals surface area contributed by atoms with Gasteiger partial charge in [0.05, 0.1) is 6.57 Å². The fraction of sp³-hybridized carbons (Fsp3) is 0. The Kier molecular flexibility index (Phi) is 20.7. The molecule has 5 rings (SSSR count). The van der Waals surface area contributed by atoms with E-state index in [1.165, 1.54) is 34.8 Å². The Labute approximate surface area is 431 Å². The molecule has 0 saturated carbocycles. The molecule has 0 aliphatic carbocycles. The Hall–Kier alpha value is -12.3. The van der Waals surface area contributed by atoms with Crippen molar-refractivity contribution < 1.29 is 19.8 Å². The number of anilines is 3. The summed E-state index contributed by atoms with van der Waals surface area (Å²) >= 11 is 2.75. The van der Waals surface area contributed by atoms with Crippen molar-refractivity contribution in [3.05, 3.63) is 135 Å². The van der Waals surface area contributed by atoms with Gasteiger partial charge in [0.1, 0.15) is 11.6 Å². The van der Waals surface area contributed by atoms with E-state index in [1.54, 1.807) is 18.2 Å². The van der Waals surface area contributed by atoms with E-state index in [2.05, 4.69) is 181 Å². The summed E-state index contributed by atoms with van der Waals surface area (Å²) in [7, 11) is 0. The predicted molar refractivity (Wildman–Crippen MR) is 288 cm³/mol. The van der Waals surface area contributed by atoms with Crippen LogP contribution in [0.5, 0.6) is 0 Å². The van der Waals surface area contributed by atoms with Crippen LogP contribution in [0, 0.1) is 196 Å². The van der Waals surface area contributed by atoms with Crippen LogP contribution in [0.15, 0.2) is 108 Å². The molecule has 0 spiro atoms. The molecule has 2 aromatic heterocycles. The van der Waals surface area contributed by atoms with E-state index in [-0.39, 0.29) is 11.3 Å². The quantitative estimate of drug-likeness (QED) is 0.0662. The molecule has 0 aliphatic rings. The van der Waals surface area contributed by atoms with Gasteiger partial charge in [0.25, 0.3) is 5.70 Å². The zero-order chi connectivity index (χ0) is 51.7. The van der Waals surface area contributed by atoms with E-state index in [9.17, 15) is 25.1 Å². The molecule has 2 N–H and O–H groups in total. The number of thiophene rings is 2. The minimum Gasteiger partial charge on any atom is -0.486 e. The largest absolute Gasteiger partial charge is 0.486 e. The number of aliphatic carboxylic acids is 2. The number of nitrogens with zero attached hydrogens (tertiary/aromatic N) is 3. The highest BCUT2D eigenvalue weighted by atomic mass is 32.1. The molecule has 2 heterocycles. The number of hydrogen-bond donors (Lipinski definition) is 2. The number of carboxylic acids is 2. The maximum Gasteiger partial charge on any atom is 0.346 e. The predicted octanol–water partition coefficient (Wildman–Crippen LogP) is 8.98. The lowest BCUT2D eigenvalue weighted by molar-refractivity contribution is -0.133. The third kappa shape index (κ3) is 17.8. The summed E-state index contributed by atoms with van der Waals surface area (Å²) in [5, 5.41) is 27.7. The summed E-state index contributed by atoms with van der Waals surface area (Å²) in [5.41, 5.74) is 4.37. The van der Waals surface area contributed by atoms with Gasteiger partial charge in [0.2, 0.25) is 0 Å². The van der Waals surface area contributed by atoms with Crippen LogP contribution in [-0.4, -0.2) is 22.2 Å². The van der Waals surface area contributed by atoms with Gasteiger partial charge in [-0.2, -0.15) is 5.26 Å². The number of carbonyl (C=O) groups is 2. The second-order valence-corrected chi connectivity index (χ2v) is 15.2. The van der Waals surface area contributed by atoms with Crippen molar-refractivity contribution >= 4 is 63.8 Å². The van der Waals surface area contributed by atoms with Crippen molar-refractivity contribution in [2.45, 2.75) is 0 Å². The Bertz CT molecular complexity index is 4080. The first kappa shape index (κ1) is 51.6. The van der Waals surface area contributed by atoms with Gasteiger partial charge >= 0.3 is 11.9 Å². The van der Waals surface area contributed by atoms with Gasteiger partial charge in [-0.1, -0.05) is 30.2 Å². The first-order valence-corrected chi connectivity index (χ1v) is 21.9. The lowest BCUT2D eigenvalue weighted by Gasteiger charge is -2.26. The minimum absolute atomic E-state index is 0.346. The molecule has 328 valence electrons. The van der Waals surface area contributed by atoms with Crippen molar-refractivity contribution in [3.63, 3.8) is 0 Å². The molecule has 73 heavy (non-hydrogen) atoms. The van der Waals surface area contributed by atoms with Gasteiger partial charge in [-0.05, 0) is 191 Å². The van der Waals surface area contributed by atoms with Crippen molar-refractivity contribution in [2.24, 2.45) is 0 Å². The molecule has 9 heteroatoms. The van der Waals surface area contributed by atoms with Gasteiger partial charge in [-0.15, -0.1) is 29.1 Å². The van der Waals surface area contributed by atoms with Gasteiger partial charge in [0, 0.05) is 113 Å². The molecular weight excluding hydrogens is 939 g/mol. The first-order chi connectivity index (χ1) is 35.8. The molecule has 0 bridgehead atoms. The average Bonchev–Trinajstić information content (AvgIpc) is 4.09. The van der Waals surface area contributed by atoms with E-state index in [0.717, 1.165) is 43.5 Å². The molecule has 0 saturated heterocycles. The van der Waals surface area contributed by atoms with Crippen molar-refractivity contribution in [1.29, 1.82) is 5.26 Å². The van der Waals surface area contributed by atoms with E-state index in [0.29, 0.717) is 9.75 Å². The third-order valence-corrected chi connectivity index (χ3v) is 10.5. The number of hydrogen-bond acceptors (Lipinski definition) is 6. The molecule has 7 nitrogen and oxygen atoms in total. The second-order valence-electron chi connectivity index (χ2n) is 12.9. The lowest BCUT2D eigenvalue weighted by Crippen LogP contribution is -2.09. The fourth-order valence-electron chi connectivity index (χ4n) is 5.34. The summed E-state index contributed by atoms with van der Waals surface area (Å²) in [6.45, 7) is 7.16. The molecule has 0 radical (unpaired) electrons. The molecule has 3 aromatic carbocycles. The number of benzene rings is 3. The highest BCUT2D eigenvalue weighted by Crippen LogP contribution is 2.39. The molecule has 0 fully saturated rings. The van der Waals surface area contributed by atoms with E-state index in [4.69, 9.17) is 13.0 Å². The van der Waals surface area contributed by atoms with E-state index >= 15 is 0 Å². The van der Waals surface area contributed by atoms with Crippen molar-refractivity contribution in [2.75, 3.05) is 4.90 Å². The van der Waals surface area contributed by atoms with Crippen LogP contribution in [-0.2, 0) is 9.59 Å². The van der Waals surface area contributed by atoms with Crippen LogP contribution in [0.2, 0.25) is 0 Å². The lowest BCUT2D eigenvalue weighted by atomic mass is 10.1. The highest BCUT2D eigenvalue weighted by Gasteiger charge is 2.15. The zero-order valence-corrected chi connectivity index (χ0v) is 39.0. The highest BCUT2D eigenvalue weighted by molar-refractivity contribution is 7.16. The van der Waals surface area contributed by atoms with Crippen molar-refractivity contribution in [1.82, 2.24) is 0 Å². The Morgan fingerprint density at radius 1 is 0.479 bits per heavy atom. The number of nitriles is 1. The van der Waals surface area contributed by atoms with Gasteiger partial charge < -0.3 is 15.1 Å². The summed E-state index contributed by atoms with van der Waals surface area (Å²) in [5.74, 6) is 70.9. The smallest absolute Gasteiger partial charge is 0.346 e. The first-order valence-electron chi connectivity index (χ1n) is 20.2. The van der Waals surface area contributed by atoms with Crippen LogP contribution < -0.4 is 4.90 Å². The maximum atomic E-state index is 11.4. The standard InChI is InChI=1S/C64H21N3O4S2/c1-3-4-5-6-7-8-9-10-11-12-13-14-15-16-17-18-19-20-21-22-23-24-25-26-27-28-29-30-31-51-32-38-55(39-33-51)67(56-40-34-52(35-41-56)61-46-44-58(72-61)48-54(50-65)63(68)69)57-42-36-53(37-43-57)62-47-45-59(73-62)49-60(66-2)64(70)71/h1,32-49H,(H,68,69)(H,70,71)/b54-48+,60-49-. The van der Waals surface area contributed by atoms with Crippen LogP contribution in [0.1, 0.15) is 15.3 Å². The zero-order valence-electron chi connectivity index (χ0n) is 37.3. The number of carboxylic acid groups (broad SMARTS) is 2. The number of terminal acetylenes is 1. The normalized spacial score (nSPS) is 8.45. The molecule has 5 aromatic rings. The number of rotatable bonds is 9. The van der Waals surface area contributed by atoms with Crippen LogP contribution in [0.25, 0.3) is 37.9 Å². The van der Waals surface area contributed by atoms with Gasteiger partial charge in [-0.3, -0.25) is 4.79 Å². The minimum atomic E-state index is -1.29. The van der Waals surface area contributed by atoms with E-state index in [1.807, 2.05) is 84.9 Å². The SMILES string of the molecule is [C-]#[N+]/C(=C\c1ccc(-c2ccc(N(c3ccc(C#CC#CC#CC#CC#CC#CC#CC#CC#CC#CC#CC#CC#CC#CC#C)cc3)c3ccc(-c4ccc(/C=C(\C#N)C(=O)O)s4)cc3)cc2)s1)C(=O)O. The topological polar surface area (TPSA) is 106 Å². The average molecular weight is 960 g/mol. The molecule has 0 unspecified atom stereocenters. The molecular formula is C64H21N3O4S2. The van der Waals surface area contributed by atoms with E-state index < -0.39 is 11.9 Å². The summed E-state index contributed by atoms with van der Waals surface area (Å²) in [4.78, 5) is 31.0. The molecule has 0 aliphatic heterocycles.